The van der Waals surface area contributed by atoms with Crippen LogP contribution in [0, 0.1) is 0 Å². The molecule has 0 spiro atoms. The van der Waals surface area contributed by atoms with Gasteiger partial charge in [0.05, 0.1) is 0 Å². The summed E-state index contributed by atoms with van der Waals surface area (Å²) in [4.78, 5) is 2.39. The summed E-state index contributed by atoms with van der Waals surface area (Å²) >= 11 is 0. The van der Waals surface area contributed by atoms with Crippen LogP contribution in [0.15, 0.2) is 24.3 Å². The second-order valence-electron chi connectivity index (χ2n) is 5.45. The van der Waals surface area contributed by atoms with Gasteiger partial charge in [-0.15, -0.1) is 0 Å². The molecule has 3 nitrogen and oxygen atoms in total. The number of nitrogens with zero attached hydrogens (tertiary/aromatic N) is 1. The highest BCUT2D eigenvalue weighted by atomic mass is 16.5. The predicted octanol–water partition coefficient (Wildman–Crippen LogP) is 2.27. The third-order valence-corrected chi connectivity index (χ3v) is 2.72. The van der Waals surface area contributed by atoms with Gasteiger partial charge in [0, 0.05) is 37.9 Å². The van der Waals surface area contributed by atoms with Crippen LogP contribution in [0.1, 0.15) is 20.8 Å². The molecule has 0 radical (unpaired) electrons. The molecule has 1 heterocycles. The van der Waals surface area contributed by atoms with Crippen molar-refractivity contribution in [1.82, 2.24) is 5.32 Å². The maximum atomic E-state index is 5.89. The molecule has 2 rings (SSSR count). The van der Waals surface area contributed by atoms with Crippen LogP contribution in [0.4, 0.5) is 5.69 Å². The van der Waals surface area contributed by atoms with E-state index < -0.39 is 0 Å². The SMILES string of the molecule is CC(C)(C)Oc1cccc(N2CCNCC2)c1. The number of hydrogen-bond acceptors (Lipinski definition) is 3. The zero-order valence-electron chi connectivity index (χ0n) is 11.0. The van der Waals surface area contributed by atoms with E-state index in [4.69, 9.17) is 4.74 Å². The molecule has 0 aliphatic carbocycles. The number of nitrogens with one attached hydrogen (secondary N) is 1. The molecule has 94 valence electrons. The largest absolute Gasteiger partial charge is 0.488 e. The number of piperazine rings is 1. The lowest BCUT2D eigenvalue weighted by atomic mass is 10.2. The Morgan fingerprint density at radius 1 is 1.18 bits per heavy atom. The molecule has 0 aromatic heterocycles. The third-order valence-electron chi connectivity index (χ3n) is 2.72. The normalized spacial score (nSPS) is 17.0. The summed E-state index contributed by atoms with van der Waals surface area (Å²) in [6, 6.07) is 8.38. The van der Waals surface area contributed by atoms with E-state index in [2.05, 4.69) is 49.2 Å². The second kappa shape index (κ2) is 4.96. The first-order valence-electron chi connectivity index (χ1n) is 6.29. The van der Waals surface area contributed by atoms with Crippen molar-refractivity contribution in [1.29, 1.82) is 0 Å². The Balaban J connectivity index is 2.10. The third kappa shape index (κ3) is 3.63. The van der Waals surface area contributed by atoms with E-state index in [0.717, 1.165) is 31.9 Å². The molecule has 0 unspecified atom stereocenters. The molecule has 1 aromatic carbocycles. The number of ether oxygens (including phenoxy) is 1. The Morgan fingerprint density at radius 3 is 2.53 bits per heavy atom. The highest BCUT2D eigenvalue weighted by molar-refractivity contribution is 5.51. The topological polar surface area (TPSA) is 24.5 Å². The molecule has 17 heavy (non-hydrogen) atoms. The number of benzene rings is 1. The van der Waals surface area contributed by atoms with Gasteiger partial charge >= 0.3 is 0 Å². The Hall–Kier alpha value is -1.22. The molecule has 1 fully saturated rings. The van der Waals surface area contributed by atoms with Crippen LogP contribution >= 0.6 is 0 Å². The molecule has 1 aliphatic rings. The molecule has 0 bridgehead atoms. The van der Waals surface area contributed by atoms with Crippen molar-refractivity contribution in [2.24, 2.45) is 0 Å². The van der Waals surface area contributed by atoms with Crippen molar-refractivity contribution in [3.05, 3.63) is 24.3 Å². The number of anilines is 1. The van der Waals surface area contributed by atoms with Gasteiger partial charge in [-0.2, -0.15) is 0 Å². The van der Waals surface area contributed by atoms with Crippen molar-refractivity contribution in [2.75, 3.05) is 31.1 Å². The van der Waals surface area contributed by atoms with Crippen LogP contribution in [0.3, 0.4) is 0 Å². The minimum Gasteiger partial charge on any atom is -0.488 e. The molecule has 1 N–H and O–H groups in total. The minimum atomic E-state index is -0.137. The van der Waals surface area contributed by atoms with Crippen LogP contribution in [0.2, 0.25) is 0 Å². The zero-order valence-corrected chi connectivity index (χ0v) is 11.0. The molecule has 1 saturated heterocycles. The van der Waals surface area contributed by atoms with Gasteiger partial charge < -0.3 is 15.0 Å². The predicted molar refractivity (Wildman–Crippen MR) is 71.9 cm³/mol. The summed E-state index contributed by atoms with van der Waals surface area (Å²) in [5.74, 6) is 0.952. The highest BCUT2D eigenvalue weighted by Gasteiger charge is 2.14. The zero-order chi connectivity index (χ0) is 12.3. The minimum absolute atomic E-state index is 0.137. The van der Waals surface area contributed by atoms with Gasteiger partial charge in [0.15, 0.2) is 0 Å². The van der Waals surface area contributed by atoms with Gasteiger partial charge in [-0.05, 0) is 32.9 Å². The molecular formula is C14H22N2O. The molecule has 0 atom stereocenters. The fourth-order valence-electron chi connectivity index (χ4n) is 2.02. The first kappa shape index (κ1) is 12.2. The van der Waals surface area contributed by atoms with Gasteiger partial charge in [-0.1, -0.05) is 6.07 Å². The maximum absolute atomic E-state index is 5.89. The molecule has 0 saturated carbocycles. The van der Waals surface area contributed by atoms with E-state index in [-0.39, 0.29) is 5.60 Å². The first-order chi connectivity index (χ1) is 8.04. The standard InChI is InChI=1S/C14H22N2O/c1-14(2,3)17-13-6-4-5-12(11-13)16-9-7-15-8-10-16/h4-6,11,15H,7-10H2,1-3H3. The van der Waals surface area contributed by atoms with E-state index >= 15 is 0 Å². The average Bonchev–Trinajstić information content (AvgIpc) is 2.28. The monoisotopic (exact) mass is 234 g/mol. The van der Waals surface area contributed by atoms with Gasteiger partial charge in [0.1, 0.15) is 11.4 Å². The van der Waals surface area contributed by atoms with Crippen molar-refractivity contribution >= 4 is 5.69 Å². The fraction of sp³-hybridized carbons (Fsp3) is 0.571. The van der Waals surface area contributed by atoms with Gasteiger partial charge in [0.2, 0.25) is 0 Å². The van der Waals surface area contributed by atoms with Crippen molar-refractivity contribution < 1.29 is 4.74 Å². The molecule has 1 aliphatic heterocycles. The number of hydrogen-bond donors (Lipinski definition) is 1. The first-order valence-corrected chi connectivity index (χ1v) is 6.29. The van der Waals surface area contributed by atoms with E-state index in [9.17, 15) is 0 Å². The Bertz CT molecular complexity index is 365. The van der Waals surface area contributed by atoms with E-state index in [1.807, 2.05) is 6.07 Å². The van der Waals surface area contributed by atoms with Crippen LogP contribution < -0.4 is 15.0 Å². The average molecular weight is 234 g/mol. The maximum Gasteiger partial charge on any atom is 0.122 e. The summed E-state index contributed by atoms with van der Waals surface area (Å²) in [6.07, 6.45) is 0. The Labute approximate surface area is 104 Å². The summed E-state index contributed by atoms with van der Waals surface area (Å²) in [7, 11) is 0. The lowest BCUT2D eigenvalue weighted by Gasteiger charge is -2.30. The van der Waals surface area contributed by atoms with Crippen LogP contribution in [0.5, 0.6) is 5.75 Å². The molecular weight excluding hydrogens is 212 g/mol. The molecule has 3 heteroatoms. The Morgan fingerprint density at radius 2 is 1.88 bits per heavy atom. The Kier molecular flexibility index (Phi) is 3.57. The lowest BCUT2D eigenvalue weighted by Crippen LogP contribution is -2.43. The van der Waals surface area contributed by atoms with Crippen LogP contribution in [-0.2, 0) is 0 Å². The fourth-order valence-corrected chi connectivity index (χ4v) is 2.02. The van der Waals surface area contributed by atoms with E-state index in [0.29, 0.717) is 0 Å². The second-order valence-corrected chi connectivity index (χ2v) is 5.45. The van der Waals surface area contributed by atoms with Crippen molar-refractivity contribution in [2.45, 2.75) is 26.4 Å². The van der Waals surface area contributed by atoms with Gasteiger partial charge in [-0.3, -0.25) is 0 Å². The summed E-state index contributed by atoms with van der Waals surface area (Å²) in [5.41, 5.74) is 1.12. The van der Waals surface area contributed by atoms with Crippen LogP contribution in [-0.4, -0.2) is 31.8 Å². The summed E-state index contributed by atoms with van der Waals surface area (Å²) in [5, 5.41) is 3.36. The van der Waals surface area contributed by atoms with Crippen molar-refractivity contribution in [3.63, 3.8) is 0 Å². The summed E-state index contributed by atoms with van der Waals surface area (Å²) < 4.78 is 5.89. The highest BCUT2D eigenvalue weighted by Crippen LogP contribution is 2.24. The lowest BCUT2D eigenvalue weighted by molar-refractivity contribution is 0.131. The van der Waals surface area contributed by atoms with Gasteiger partial charge in [-0.25, -0.2) is 0 Å². The van der Waals surface area contributed by atoms with E-state index in [1.165, 1.54) is 5.69 Å². The van der Waals surface area contributed by atoms with Crippen molar-refractivity contribution in [3.8, 4) is 5.75 Å². The molecule has 1 aromatic rings. The smallest absolute Gasteiger partial charge is 0.122 e. The van der Waals surface area contributed by atoms with Crippen LogP contribution in [0.25, 0.3) is 0 Å². The quantitative estimate of drug-likeness (QED) is 0.849. The molecule has 0 amide bonds. The summed E-state index contributed by atoms with van der Waals surface area (Å²) in [6.45, 7) is 10.5. The van der Waals surface area contributed by atoms with Gasteiger partial charge in [0.25, 0.3) is 0 Å². The van der Waals surface area contributed by atoms with E-state index in [1.54, 1.807) is 0 Å². The number of rotatable bonds is 2.